The third-order valence-corrected chi connectivity index (χ3v) is 3.85. The van der Waals surface area contributed by atoms with Crippen molar-refractivity contribution >= 4 is 11.6 Å². The third kappa shape index (κ3) is 3.55. The van der Waals surface area contributed by atoms with Gasteiger partial charge in [-0.3, -0.25) is 0 Å². The van der Waals surface area contributed by atoms with Gasteiger partial charge in [0.05, 0.1) is 10.7 Å². The molecule has 0 bridgehead atoms. The van der Waals surface area contributed by atoms with Gasteiger partial charge >= 0.3 is 5.82 Å². The summed E-state index contributed by atoms with van der Waals surface area (Å²) in [6.45, 7) is 0. The first-order valence-corrected chi connectivity index (χ1v) is 7.95. The second-order valence-electron chi connectivity index (χ2n) is 5.28. The van der Waals surface area contributed by atoms with Crippen molar-refractivity contribution in [2.75, 3.05) is 0 Å². The predicted octanol–water partition coefficient (Wildman–Crippen LogP) is 0.868. The van der Waals surface area contributed by atoms with Gasteiger partial charge < -0.3 is 12.4 Å². The Morgan fingerprint density at radius 2 is 1.48 bits per heavy atom. The van der Waals surface area contributed by atoms with Crippen molar-refractivity contribution in [3.63, 3.8) is 0 Å². The van der Waals surface area contributed by atoms with Crippen LogP contribution in [0, 0.1) is 0 Å². The maximum Gasteiger partial charge on any atom is 0.340 e. The van der Waals surface area contributed by atoms with Gasteiger partial charge in [-0.25, -0.2) is 0 Å². The smallest absolute Gasteiger partial charge is 0.340 e. The average molecular weight is 369 g/mol. The Labute approximate surface area is 156 Å². The lowest BCUT2D eigenvalue weighted by atomic mass is 10.2. The molecule has 1 heterocycles. The highest BCUT2D eigenvalue weighted by Gasteiger charge is 2.23. The second kappa shape index (κ2) is 7.47. The minimum atomic E-state index is 0. The van der Waals surface area contributed by atoms with E-state index in [1.54, 1.807) is 9.59 Å². The summed E-state index contributed by atoms with van der Waals surface area (Å²) in [4.78, 5) is 3.57. The molecular weight excluding hydrogens is 355 g/mol. The first kappa shape index (κ1) is 17.1. The van der Waals surface area contributed by atoms with Gasteiger partial charge in [0.1, 0.15) is 5.69 Å². The Bertz CT molecular complexity index is 912. The van der Waals surface area contributed by atoms with Gasteiger partial charge in [-0.1, -0.05) is 54.1 Å². The first-order chi connectivity index (χ1) is 11.8. The summed E-state index contributed by atoms with van der Waals surface area (Å²) in [7, 11) is 0. The fourth-order valence-electron chi connectivity index (χ4n) is 2.48. The lowest BCUT2D eigenvalue weighted by molar-refractivity contribution is -0.734. The molecule has 0 aliphatic rings. The minimum Gasteiger partial charge on any atom is -1.00 e. The Balaban J connectivity index is 0.00000182. The number of para-hydroxylation sites is 2. The Morgan fingerprint density at radius 3 is 2.16 bits per heavy atom. The summed E-state index contributed by atoms with van der Waals surface area (Å²) in [5.41, 5.74) is 2.74. The molecule has 124 valence electrons. The molecule has 1 aromatic heterocycles. The van der Waals surface area contributed by atoms with Crippen LogP contribution in [0.4, 0.5) is 0 Å². The van der Waals surface area contributed by atoms with Crippen molar-refractivity contribution in [3.8, 4) is 22.8 Å². The Hall–Kier alpha value is -2.69. The van der Waals surface area contributed by atoms with Crippen LogP contribution in [0.2, 0.25) is 5.02 Å². The zero-order valence-electron chi connectivity index (χ0n) is 13.1. The van der Waals surface area contributed by atoms with Crippen LogP contribution >= 0.6 is 11.6 Å². The highest BCUT2D eigenvalue weighted by molar-refractivity contribution is 6.30. The fourth-order valence-corrected chi connectivity index (χ4v) is 2.67. The third-order valence-electron chi connectivity index (χ3n) is 3.62. The van der Waals surface area contributed by atoms with Gasteiger partial charge in [-0.15, -0.1) is 0 Å². The van der Waals surface area contributed by atoms with E-state index >= 15 is 0 Å². The van der Waals surface area contributed by atoms with Crippen molar-refractivity contribution in [1.82, 2.24) is 15.0 Å². The van der Waals surface area contributed by atoms with Gasteiger partial charge in [0.2, 0.25) is 0 Å². The number of benzene rings is 3. The van der Waals surface area contributed by atoms with Gasteiger partial charge in [0.25, 0.3) is 0 Å². The van der Waals surface area contributed by atoms with Crippen molar-refractivity contribution in [3.05, 3.63) is 90.0 Å². The van der Waals surface area contributed by atoms with Crippen LogP contribution in [0.25, 0.3) is 22.8 Å². The summed E-state index contributed by atoms with van der Waals surface area (Å²) in [5.74, 6) is 0.616. The van der Waals surface area contributed by atoms with Gasteiger partial charge in [-0.05, 0) is 52.4 Å². The number of rotatable bonds is 3. The van der Waals surface area contributed by atoms with Crippen molar-refractivity contribution in [2.24, 2.45) is 0 Å². The number of halogens is 2. The monoisotopic (exact) mass is 368 g/mol. The molecule has 0 fully saturated rings. The summed E-state index contributed by atoms with van der Waals surface area (Å²) in [6.07, 6.45) is 0. The molecule has 3 aromatic carbocycles. The molecule has 0 radical (unpaired) electrons. The van der Waals surface area contributed by atoms with Crippen LogP contribution < -0.4 is 17.2 Å². The van der Waals surface area contributed by atoms with E-state index in [1.165, 1.54) is 0 Å². The Kier molecular flexibility index (Phi) is 5.12. The molecule has 0 unspecified atom stereocenters. The quantitative estimate of drug-likeness (QED) is 0.503. The topological polar surface area (TPSA) is 34.6 Å². The van der Waals surface area contributed by atoms with E-state index in [2.05, 4.69) is 10.2 Å². The number of hydrogen-bond acceptors (Lipinski definition) is 2. The fraction of sp³-hybridized carbons (Fsp3) is 0. The Morgan fingerprint density at radius 1 is 0.800 bits per heavy atom. The predicted molar refractivity (Wildman–Crippen MR) is 93.3 cm³/mol. The molecule has 0 amide bonds. The highest BCUT2D eigenvalue weighted by Crippen LogP contribution is 2.19. The molecule has 0 saturated carbocycles. The minimum absolute atomic E-state index is 0. The molecule has 25 heavy (non-hydrogen) atoms. The SMILES string of the molecule is Clc1cccc(-c2nn(-c3ccccc3)[n+](-c3ccccc3)n2)c1.[Cl-]. The zero-order chi connectivity index (χ0) is 16.4. The van der Waals surface area contributed by atoms with E-state index in [0.29, 0.717) is 10.8 Å². The summed E-state index contributed by atoms with van der Waals surface area (Å²) in [5, 5.41) is 10.0. The van der Waals surface area contributed by atoms with E-state index in [9.17, 15) is 0 Å². The van der Waals surface area contributed by atoms with E-state index in [0.717, 1.165) is 16.9 Å². The van der Waals surface area contributed by atoms with Crippen LogP contribution in [0.15, 0.2) is 84.9 Å². The van der Waals surface area contributed by atoms with Crippen LogP contribution in [-0.2, 0) is 0 Å². The molecule has 0 N–H and O–H groups in total. The summed E-state index contributed by atoms with van der Waals surface area (Å²) in [6, 6.07) is 27.4. The number of nitrogens with zero attached hydrogens (tertiary/aromatic N) is 4. The molecule has 0 aliphatic carbocycles. The molecule has 6 heteroatoms. The molecule has 4 rings (SSSR count). The highest BCUT2D eigenvalue weighted by atomic mass is 35.5. The average Bonchev–Trinajstić information content (AvgIpc) is 3.09. The van der Waals surface area contributed by atoms with Gasteiger partial charge in [0, 0.05) is 9.82 Å². The maximum atomic E-state index is 6.11. The van der Waals surface area contributed by atoms with E-state index in [1.807, 2.05) is 84.9 Å². The lowest BCUT2D eigenvalue weighted by Crippen LogP contribution is -3.00. The van der Waals surface area contributed by atoms with E-state index in [4.69, 9.17) is 11.6 Å². The van der Waals surface area contributed by atoms with Crippen LogP contribution in [0.1, 0.15) is 0 Å². The van der Waals surface area contributed by atoms with Crippen LogP contribution in [0.5, 0.6) is 0 Å². The normalized spacial score (nSPS) is 10.3. The zero-order valence-corrected chi connectivity index (χ0v) is 14.6. The largest absolute Gasteiger partial charge is 1.00 e. The van der Waals surface area contributed by atoms with Gasteiger partial charge in [-0.2, -0.15) is 0 Å². The number of hydrogen-bond donors (Lipinski definition) is 0. The molecule has 0 saturated heterocycles. The first-order valence-electron chi connectivity index (χ1n) is 7.58. The lowest BCUT2D eigenvalue weighted by Gasteiger charge is -1.98. The van der Waals surface area contributed by atoms with Crippen molar-refractivity contribution < 1.29 is 17.2 Å². The molecule has 0 atom stereocenters. The molecule has 0 spiro atoms. The van der Waals surface area contributed by atoms with E-state index in [-0.39, 0.29) is 12.4 Å². The van der Waals surface area contributed by atoms with Gasteiger partial charge in [0.15, 0.2) is 5.69 Å². The number of aromatic nitrogens is 4. The summed E-state index contributed by atoms with van der Waals surface area (Å²) >= 11 is 6.11. The van der Waals surface area contributed by atoms with Crippen molar-refractivity contribution in [1.29, 1.82) is 0 Å². The van der Waals surface area contributed by atoms with Crippen LogP contribution in [0.3, 0.4) is 0 Å². The standard InChI is InChI=1S/C19H14ClN4.ClH/c20-16-9-7-8-15(14-16)19-21-23(17-10-3-1-4-11-17)24(22-19)18-12-5-2-6-13-18;/h1-14H;1H/q+1;/p-1. The molecular formula is C19H14Cl2N4. The molecule has 0 aliphatic heterocycles. The van der Waals surface area contributed by atoms with Crippen molar-refractivity contribution in [2.45, 2.75) is 0 Å². The number of tetrazole rings is 1. The second-order valence-corrected chi connectivity index (χ2v) is 5.72. The summed E-state index contributed by atoms with van der Waals surface area (Å²) < 4.78 is 0. The van der Waals surface area contributed by atoms with Crippen LogP contribution in [-0.4, -0.2) is 15.0 Å². The molecule has 4 aromatic rings. The van der Waals surface area contributed by atoms with E-state index < -0.39 is 0 Å². The molecule has 4 nitrogen and oxygen atoms in total. The maximum absolute atomic E-state index is 6.11.